The Morgan fingerprint density at radius 2 is 1.95 bits per heavy atom. The molecule has 0 spiro atoms. The molecule has 2 rings (SSSR count). The molecule has 1 amide bonds. The largest absolute Gasteiger partial charge is 0.480 e. The third-order valence-corrected chi connectivity index (χ3v) is 4.15. The summed E-state index contributed by atoms with van der Waals surface area (Å²) in [5.41, 5.74) is 1.09. The summed E-state index contributed by atoms with van der Waals surface area (Å²) < 4.78 is 0. The first-order valence-electron chi connectivity index (χ1n) is 7.63. The first-order valence-corrected chi connectivity index (χ1v) is 7.63. The molecule has 1 aromatic rings. The predicted molar refractivity (Wildman–Crippen MR) is 81.0 cm³/mol. The Morgan fingerprint density at radius 1 is 1.27 bits per heavy atom. The number of amides is 1. The summed E-state index contributed by atoms with van der Waals surface area (Å²) in [7, 11) is 0. The standard InChI is InChI=1S/C17H20N2O3/c18-11-14-9-5-4-8-13(14)10-15(17(21)22)19-16(20)12-6-2-1-3-7-12/h4-5,8-9,12,15H,1-3,6-7,10H2,(H,19,20)(H,21,22)/t15-/m1/s1. The first kappa shape index (κ1) is 16.0. The zero-order valence-electron chi connectivity index (χ0n) is 12.4. The molecule has 5 heteroatoms. The van der Waals surface area contributed by atoms with E-state index in [2.05, 4.69) is 11.4 Å². The zero-order chi connectivity index (χ0) is 15.9. The van der Waals surface area contributed by atoms with Crippen molar-refractivity contribution in [2.75, 3.05) is 0 Å². The minimum atomic E-state index is -1.07. The Kier molecular flexibility index (Phi) is 5.54. The number of hydrogen-bond donors (Lipinski definition) is 2. The number of hydrogen-bond acceptors (Lipinski definition) is 3. The topological polar surface area (TPSA) is 90.2 Å². The van der Waals surface area contributed by atoms with E-state index in [9.17, 15) is 14.7 Å². The molecule has 0 bridgehead atoms. The van der Waals surface area contributed by atoms with Crippen molar-refractivity contribution in [3.8, 4) is 6.07 Å². The second-order valence-corrected chi connectivity index (χ2v) is 5.71. The Balaban J connectivity index is 2.05. The number of rotatable bonds is 5. The number of carbonyl (C=O) groups excluding carboxylic acids is 1. The van der Waals surface area contributed by atoms with Gasteiger partial charge in [-0.05, 0) is 24.5 Å². The fourth-order valence-corrected chi connectivity index (χ4v) is 2.88. The number of carboxylic acids is 1. The van der Waals surface area contributed by atoms with E-state index in [-0.39, 0.29) is 18.2 Å². The Morgan fingerprint density at radius 3 is 2.59 bits per heavy atom. The molecule has 0 unspecified atom stereocenters. The van der Waals surface area contributed by atoms with E-state index in [0.717, 1.165) is 32.1 Å². The van der Waals surface area contributed by atoms with E-state index in [1.54, 1.807) is 24.3 Å². The van der Waals surface area contributed by atoms with E-state index in [0.29, 0.717) is 11.1 Å². The molecule has 1 fully saturated rings. The second-order valence-electron chi connectivity index (χ2n) is 5.71. The fourth-order valence-electron chi connectivity index (χ4n) is 2.88. The quantitative estimate of drug-likeness (QED) is 0.872. The highest BCUT2D eigenvalue weighted by Gasteiger charge is 2.27. The van der Waals surface area contributed by atoms with Gasteiger partial charge in [0.15, 0.2) is 0 Å². The van der Waals surface area contributed by atoms with Gasteiger partial charge in [-0.3, -0.25) is 4.79 Å². The van der Waals surface area contributed by atoms with Crippen molar-refractivity contribution >= 4 is 11.9 Å². The lowest BCUT2D eigenvalue weighted by atomic mass is 9.88. The van der Waals surface area contributed by atoms with Gasteiger partial charge in [0, 0.05) is 12.3 Å². The van der Waals surface area contributed by atoms with Crippen LogP contribution in [0.2, 0.25) is 0 Å². The van der Waals surface area contributed by atoms with Gasteiger partial charge in [-0.25, -0.2) is 4.79 Å². The van der Waals surface area contributed by atoms with Crippen molar-refractivity contribution in [1.29, 1.82) is 5.26 Å². The van der Waals surface area contributed by atoms with Crippen LogP contribution in [0.5, 0.6) is 0 Å². The van der Waals surface area contributed by atoms with E-state index in [1.807, 2.05) is 0 Å². The highest BCUT2D eigenvalue weighted by atomic mass is 16.4. The molecule has 1 saturated carbocycles. The average Bonchev–Trinajstić information content (AvgIpc) is 2.55. The normalized spacial score (nSPS) is 16.5. The minimum Gasteiger partial charge on any atom is -0.480 e. The third-order valence-electron chi connectivity index (χ3n) is 4.15. The molecular weight excluding hydrogens is 280 g/mol. The van der Waals surface area contributed by atoms with Crippen LogP contribution in [0.3, 0.4) is 0 Å². The van der Waals surface area contributed by atoms with Crippen molar-refractivity contribution in [3.05, 3.63) is 35.4 Å². The molecule has 1 aliphatic carbocycles. The van der Waals surface area contributed by atoms with Crippen LogP contribution >= 0.6 is 0 Å². The van der Waals surface area contributed by atoms with Crippen LogP contribution in [0.1, 0.15) is 43.2 Å². The minimum absolute atomic E-state index is 0.0817. The van der Waals surface area contributed by atoms with E-state index in [1.165, 1.54) is 0 Å². The second kappa shape index (κ2) is 7.60. The van der Waals surface area contributed by atoms with Crippen LogP contribution in [-0.4, -0.2) is 23.0 Å². The number of benzene rings is 1. The Labute approximate surface area is 129 Å². The van der Waals surface area contributed by atoms with Gasteiger partial charge in [-0.2, -0.15) is 5.26 Å². The van der Waals surface area contributed by atoms with Gasteiger partial charge in [0.05, 0.1) is 11.6 Å². The van der Waals surface area contributed by atoms with Crippen molar-refractivity contribution < 1.29 is 14.7 Å². The van der Waals surface area contributed by atoms with Crippen LogP contribution in [0.25, 0.3) is 0 Å². The lowest BCUT2D eigenvalue weighted by Crippen LogP contribution is -2.45. The molecule has 0 radical (unpaired) electrons. The molecule has 2 N–H and O–H groups in total. The number of nitriles is 1. The predicted octanol–water partition coefficient (Wildman–Crippen LogP) is 2.25. The number of nitrogens with zero attached hydrogens (tertiary/aromatic N) is 1. The Hall–Kier alpha value is -2.35. The molecule has 116 valence electrons. The smallest absolute Gasteiger partial charge is 0.326 e. The van der Waals surface area contributed by atoms with Gasteiger partial charge in [0.2, 0.25) is 5.91 Å². The van der Waals surface area contributed by atoms with Crippen LogP contribution in [0, 0.1) is 17.2 Å². The summed E-state index contributed by atoms with van der Waals surface area (Å²) in [4.78, 5) is 23.6. The summed E-state index contributed by atoms with van der Waals surface area (Å²) in [5.74, 6) is -1.33. The lowest BCUT2D eigenvalue weighted by molar-refractivity contribution is -0.142. The van der Waals surface area contributed by atoms with Gasteiger partial charge in [-0.1, -0.05) is 37.5 Å². The molecule has 0 saturated heterocycles. The number of carboxylic acid groups (broad SMARTS) is 1. The fraction of sp³-hybridized carbons (Fsp3) is 0.471. The van der Waals surface area contributed by atoms with E-state index >= 15 is 0 Å². The van der Waals surface area contributed by atoms with Gasteiger partial charge < -0.3 is 10.4 Å². The molecular formula is C17H20N2O3. The zero-order valence-corrected chi connectivity index (χ0v) is 12.4. The molecule has 5 nitrogen and oxygen atoms in total. The number of nitrogens with one attached hydrogen (secondary N) is 1. The first-order chi connectivity index (χ1) is 10.6. The lowest BCUT2D eigenvalue weighted by Gasteiger charge is -2.23. The highest BCUT2D eigenvalue weighted by molar-refractivity contribution is 5.85. The van der Waals surface area contributed by atoms with Crippen LogP contribution in [-0.2, 0) is 16.0 Å². The summed E-state index contributed by atoms with van der Waals surface area (Å²) in [6.07, 6.45) is 4.96. The summed E-state index contributed by atoms with van der Waals surface area (Å²) >= 11 is 0. The van der Waals surface area contributed by atoms with E-state index in [4.69, 9.17) is 5.26 Å². The molecule has 22 heavy (non-hydrogen) atoms. The molecule has 1 atom stereocenters. The monoisotopic (exact) mass is 300 g/mol. The maximum absolute atomic E-state index is 12.2. The van der Waals surface area contributed by atoms with Gasteiger partial charge >= 0.3 is 5.97 Å². The van der Waals surface area contributed by atoms with Crippen molar-refractivity contribution in [2.24, 2.45) is 5.92 Å². The molecule has 1 aromatic carbocycles. The highest BCUT2D eigenvalue weighted by Crippen LogP contribution is 2.24. The number of carbonyl (C=O) groups is 2. The molecule has 0 heterocycles. The van der Waals surface area contributed by atoms with Crippen LogP contribution in [0.15, 0.2) is 24.3 Å². The molecule has 0 aromatic heterocycles. The maximum Gasteiger partial charge on any atom is 0.326 e. The SMILES string of the molecule is N#Cc1ccccc1C[C@@H](NC(=O)C1CCCCC1)C(=O)O. The van der Waals surface area contributed by atoms with Gasteiger partial charge in [0.1, 0.15) is 6.04 Å². The van der Waals surface area contributed by atoms with Crippen LogP contribution in [0.4, 0.5) is 0 Å². The van der Waals surface area contributed by atoms with Crippen molar-refractivity contribution in [1.82, 2.24) is 5.32 Å². The maximum atomic E-state index is 12.2. The summed E-state index contributed by atoms with van der Waals surface area (Å²) in [6, 6.07) is 7.92. The van der Waals surface area contributed by atoms with Gasteiger partial charge in [0.25, 0.3) is 0 Å². The van der Waals surface area contributed by atoms with Crippen LogP contribution < -0.4 is 5.32 Å². The number of aliphatic carboxylic acids is 1. The van der Waals surface area contributed by atoms with Crippen molar-refractivity contribution in [2.45, 2.75) is 44.6 Å². The average molecular weight is 300 g/mol. The van der Waals surface area contributed by atoms with E-state index < -0.39 is 12.0 Å². The van der Waals surface area contributed by atoms with Gasteiger partial charge in [-0.15, -0.1) is 0 Å². The Bertz CT molecular complexity index is 586. The molecule has 0 aliphatic heterocycles. The third kappa shape index (κ3) is 4.08. The summed E-state index contributed by atoms with van der Waals surface area (Å²) in [6.45, 7) is 0. The summed E-state index contributed by atoms with van der Waals surface area (Å²) in [5, 5.41) is 21.1. The van der Waals surface area contributed by atoms with Crippen molar-refractivity contribution in [3.63, 3.8) is 0 Å². The molecule has 1 aliphatic rings.